The molecule has 3 heteroatoms. The molecule has 0 aliphatic heterocycles. The first kappa shape index (κ1) is 17.8. The number of aryl methyl sites for hydroxylation is 1. The Balaban J connectivity index is 0. The lowest BCUT2D eigenvalue weighted by atomic mass is 10.2. The van der Waals surface area contributed by atoms with Crippen molar-refractivity contribution in [2.45, 2.75) is 40.5 Å². The first-order valence-corrected chi connectivity index (χ1v) is 6.30. The molecule has 0 aromatic carbocycles. The molecule has 2 nitrogen and oxygen atoms in total. The van der Waals surface area contributed by atoms with Crippen LogP contribution in [0.1, 0.15) is 39.8 Å². The molecule has 1 rings (SSSR count). The van der Waals surface area contributed by atoms with Crippen molar-refractivity contribution in [2.75, 3.05) is 13.7 Å². The van der Waals surface area contributed by atoms with Crippen molar-refractivity contribution in [2.24, 2.45) is 0 Å². The van der Waals surface area contributed by atoms with Crippen molar-refractivity contribution >= 4 is 11.6 Å². The molecule has 0 saturated carbocycles. The Morgan fingerprint density at radius 1 is 1.19 bits per heavy atom. The number of aromatic nitrogens is 1. The van der Waals surface area contributed by atoms with E-state index in [4.69, 9.17) is 16.3 Å². The van der Waals surface area contributed by atoms with E-state index in [0.717, 1.165) is 25.1 Å². The molecule has 0 fully saturated rings. The standard InChI is InChI=1S/C9H12ClNO.2C2H6/c1-12-6-2-3-9-5-4-8(10)7-11-9;2*1-2/h4-5,7H,2-3,6H2,1H3;2*1-2H3. The van der Waals surface area contributed by atoms with Crippen molar-refractivity contribution in [3.63, 3.8) is 0 Å². The zero-order valence-electron chi connectivity index (χ0n) is 11.1. The fraction of sp³-hybridized carbons (Fsp3) is 0.615. The van der Waals surface area contributed by atoms with Gasteiger partial charge in [0.2, 0.25) is 0 Å². The molecule has 1 aromatic rings. The van der Waals surface area contributed by atoms with E-state index in [1.165, 1.54) is 0 Å². The molecule has 0 aliphatic carbocycles. The second-order valence-electron chi connectivity index (χ2n) is 2.56. The van der Waals surface area contributed by atoms with Crippen LogP contribution in [-0.4, -0.2) is 18.7 Å². The molecule has 0 saturated heterocycles. The maximum absolute atomic E-state index is 5.69. The SMILES string of the molecule is CC.CC.COCCCc1ccc(Cl)cn1. The average Bonchev–Trinajstić information content (AvgIpc) is 2.37. The van der Waals surface area contributed by atoms with E-state index in [2.05, 4.69) is 4.98 Å². The molecule has 0 N–H and O–H groups in total. The quantitative estimate of drug-likeness (QED) is 0.735. The topological polar surface area (TPSA) is 22.1 Å². The van der Waals surface area contributed by atoms with Crippen LogP contribution in [0.15, 0.2) is 18.3 Å². The van der Waals surface area contributed by atoms with E-state index >= 15 is 0 Å². The highest BCUT2D eigenvalue weighted by Gasteiger charge is 1.93. The Hall–Kier alpha value is -0.600. The van der Waals surface area contributed by atoms with Crippen LogP contribution in [0.3, 0.4) is 0 Å². The van der Waals surface area contributed by atoms with Crippen molar-refractivity contribution in [3.05, 3.63) is 29.0 Å². The van der Waals surface area contributed by atoms with E-state index in [1.807, 2.05) is 39.8 Å². The van der Waals surface area contributed by atoms with Crippen molar-refractivity contribution in [3.8, 4) is 0 Å². The van der Waals surface area contributed by atoms with Gasteiger partial charge in [-0.05, 0) is 25.0 Å². The van der Waals surface area contributed by atoms with Crippen LogP contribution in [0.4, 0.5) is 0 Å². The average molecular weight is 246 g/mol. The molecule has 16 heavy (non-hydrogen) atoms. The summed E-state index contributed by atoms with van der Waals surface area (Å²) in [6.07, 6.45) is 3.62. The molecule has 0 radical (unpaired) electrons. The number of rotatable bonds is 4. The fourth-order valence-electron chi connectivity index (χ4n) is 0.952. The van der Waals surface area contributed by atoms with Gasteiger partial charge in [-0.25, -0.2) is 0 Å². The molecule has 1 heterocycles. The van der Waals surface area contributed by atoms with Gasteiger partial charge in [0.1, 0.15) is 0 Å². The lowest BCUT2D eigenvalue weighted by Crippen LogP contribution is -1.94. The lowest BCUT2D eigenvalue weighted by molar-refractivity contribution is 0.195. The highest BCUT2D eigenvalue weighted by atomic mass is 35.5. The third-order valence-electron chi connectivity index (χ3n) is 1.57. The van der Waals surface area contributed by atoms with Gasteiger partial charge < -0.3 is 4.74 Å². The van der Waals surface area contributed by atoms with Gasteiger partial charge in [-0.15, -0.1) is 0 Å². The second-order valence-corrected chi connectivity index (χ2v) is 3.00. The normalized spacial score (nSPS) is 8.38. The Kier molecular flexibility index (Phi) is 16.0. The highest BCUT2D eigenvalue weighted by Crippen LogP contribution is 2.07. The summed E-state index contributed by atoms with van der Waals surface area (Å²) in [7, 11) is 1.70. The van der Waals surface area contributed by atoms with Crippen LogP contribution >= 0.6 is 11.6 Å². The molecule has 0 amide bonds. The van der Waals surface area contributed by atoms with Crippen LogP contribution in [0.5, 0.6) is 0 Å². The van der Waals surface area contributed by atoms with Crippen LogP contribution in [-0.2, 0) is 11.2 Å². The largest absolute Gasteiger partial charge is 0.385 e. The van der Waals surface area contributed by atoms with E-state index < -0.39 is 0 Å². The molecule has 0 spiro atoms. The van der Waals surface area contributed by atoms with Crippen LogP contribution in [0.2, 0.25) is 5.02 Å². The summed E-state index contributed by atoms with van der Waals surface area (Å²) < 4.78 is 4.93. The Morgan fingerprint density at radius 2 is 1.81 bits per heavy atom. The summed E-state index contributed by atoms with van der Waals surface area (Å²) >= 11 is 5.69. The predicted octanol–water partition coefficient (Wildman–Crippen LogP) is 4.37. The van der Waals surface area contributed by atoms with Crippen molar-refractivity contribution in [1.82, 2.24) is 4.98 Å². The molecule has 0 atom stereocenters. The Labute approximate surface area is 105 Å². The van der Waals surface area contributed by atoms with Gasteiger partial charge in [-0.2, -0.15) is 0 Å². The monoisotopic (exact) mass is 245 g/mol. The fourth-order valence-corrected chi connectivity index (χ4v) is 1.06. The molecular weight excluding hydrogens is 222 g/mol. The third-order valence-corrected chi connectivity index (χ3v) is 1.79. The second kappa shape index (κ2) is 14.4. The maximum atomic E-state index is 5.69. The van der Waals surface area contributed by atoms with Crippen LogP contribution in [0.25, 0.3) is 0 Å². The highest BCUT2D eigenvalue weighted by molar-refractivity contribution is 6.30. The van der Waals surface area contributed by atoms with Crippen LogP contribution < -0.4 is 0 Å². The summed E-state index contributed by atoms with van der Waals surface area (Å²) in [4.78, 5) is 4.16. The lowest BCUT2D eigenvalue weighted by Gasteiger charge is -1.99. The van der Waals surface area contributed by atoms with E-state index in [0.29, 0.717) is 5.02 Å². The number of nitrogens with zero attached hydrogens (tertiary/aromatic N) is 1. The molecule has 0 bridgehead atoms. The van der Waals surface area contributed by atoms with E-state index in [1.54, 1.807) is 13.3 Å². The molecule has 94 valence electrons. The van der Waals surface area contributed by atoms with Crippen LogP contribution in [0, 0.1) is 0 Å². The minimum atomic E-state index is 0.686. The predicted molar refractivity (Wildman–Crippen MR) is 72.1 cm³/mol. The summed E-state index contributed by atoms with van der Waals surface area (Å²) in [5.74, 6) is 0. The Morgan fingerprint density at radius 3 is 2.25 bits per heavy atom. The molecule has 1 aromatic heterocycles. The molecule has 0 aliphatic rings. The summed E-state index contributed by atoms with van der Waals surface area (Å²) in [6, 6.07) is 3.80. The van der Waals surface area contributed by atoms with Gasteiger partial charge in [0, 0.05) is 25.6 Å². The van der Waals surface area contributed by atoms with Gasteiger partial charge in [0.15, 0.2) is 0 Å². The van der Waals surface area contributed by atoms with Gasteiger partial charge in [-0.3, -0.25) is 4.98 Å². The third kappa shape index (κ3) is 9.94. The Bertz CT molecular complexity index is 224. The van der Waals surface area contributed by atoms with E-state index in [9.17, 15) is 0 Å². The zero-order chi connectivity index (χ0) is 12.8. The number of methoxy groups -OCH3 is 1. The summed E-state index contributed by atoms with van der Waals surface area (Å²) in [6.45, 7) is 8.78. The molecular formula is C13H24ClNO. The number of halogens is 1. The number of hydrogen-bond donors (Lipinski definition) is 0. The molecule has 0 unspecified atom stereocenters. The van der Waals surface area contributed by atoms with Crippen molar-refractivity contribution in [1.29, 1.82) is 0 Å². The van der Waals surface area contributed by atoms with Gasteiger partial charge in [0.25, 0.3) is 0 Å². The maximum Gasteiger partial charge on any atom is 0.0589 e. The van der Waals surface area contributed by atoms with Gasteiger partial charge in [-0.1, -0.05) is 39.3 Å². The van der Waals surface area contributed by atoms with E-state index in [-0.39, 0.29) is 0 Å². The first-order valence-electron chi connectivity index (χ1n) is 5.92. The van der Waals surface area contributed by atoms with Gasteiger partial charge >= 0.3 is 0 Å². The number of pyridine rings is 1. The minimum absolute atomic E-state index is 0.686. The van der Waals surface area contributed by atoms with Crippen molar-refractivity contribution < 1.29 is 4.74 Å². The summed E-state index contributed by atoms with van der Waals surface area (Å²) in [5, 5.41) is 0.686. The van der Waals surface area contributed by atoms with Gasteiger partial charge in [0.05, 0.1) is 5.02 Å². The number of hydrogen-bond acceptors (Lipinski definition) is 2. The smallest absolute Gasteiger partial charge is 0.0589 e. The minimum Gasteiger partial charge on any atom is -0.385 e. The number of ether oxygens (including phenoxy) is 1. The summed E-state index contributed by atoms with van der Waals surface area (Å²) in [5.41, 5.74) is 1.07. The zero-order valence-corrected chi connectivity index (χ0v) is 11.8. The first-order chi connectivity index (χ1) is 7.83.